The lowest BCUT2D eigenvalue weighted by Gasteiger charge is -2.39. The average Bonchev–Trinajstić information content (AvgIpc) is 3.79. The summed E-state index contributed by atoms with van der Waals surface area (Å²) in [6.45, 7) is 14.5. The van der Waals surface area contributed by atoms with E-state index in [0.717, 1.165) is 75.4 Å². The lowest BCUT2D eigenvalue weighted by molar-refractivity contribution is 0.242. The largest absolute Gasteiger partial charge is 0.362 e. The fraction of sp³-hybridized carbons (Fsp3) is 0.152. The number of nitrogens with one attached hydrogen (secondary N) is 1. The second-order valence-corrected chi connectivity index (χ2v) is 18.8. The van der Waals surface area contributed by atoms with Gasteiger partial charge in [-0.15, -0.1) is 0 Å². The Balaban J connectivity index is 1.26. The molecule has 0 saturated carbocycles. The van der Waals surface area contributed by atoms with Crippen LogP contribution in [0.15, 0.2) is 277 Å². The molecule has 0 saturated heterocycles. The van der Waals surface area contributed by atoms with Gasteiger partial charge in [-0.2, -0.15) is 0 Å². The number of anilines is 3. The van der Waals surface area contributed by atoms with Crippen molar-refractivity contribution < 1.29 is 0 Å². The van der Waals surface area contributed by atoms with E-state index in [9.17, 15) is 0 Å². The summed E-state index contributed by atoms with van der Waals surface area (Å²) in [5.74, 6) is 0.532. The van der Waals surface area contributed by atoms with Crippen LogP contribution in [0.3, 0.4) is 0 Å². The fourth-order valence-electron chi connectivity index (χ4n) is 9.45. The molecule has 2 nitrogen and oxygen atoms in total. The zero-order valence-electron chi connectivity index (χ0n) is 40.1. The highest BCUT2D eigenvalue weighted by molar-refractivity contribution is 5.76. The highest BCUT2D eigenvalue weighted by Gasteiger charge is 2.40. The maximum absolute atomic E-state index is 5.08. The van der Waals surface area contributed by atoms with Gasteiger partial charge in [-0.25, -0.2) is 0 Å². The minimum absolute atomic E-state index is 0.188. The molecule has 3 aliphatic carbocycles. The van der Waals surface area contributed by atoms with Crippen LogP contribution < -0.4 is 10.2 Å². The van der Waals surface area contributed by atoms with Crippen LogP contribution in [0.25, 0.3) is 18.2 Å². The van der Waals surface area contributed by atoms with Crippen LogP contribution in [0.5, 0.6) is 0 Å². The number of hydrogen-bond donors (Lipinski definition) is 1. The molecule has 0 fully saturated rings. The van der Waals surface area contributed by atoms with E-state index in [1.165, 1.54) is 16.7 Å². The highest BCUT2D eigenvalue weighted by Crippen LogP contribution is 2.49. The van der Waals surface area contributed by atoms with Gasteiger partial charge >= 0.3 is 0 Å². The first-order valence-electron chi connectivity index (χ1n) is 24.0. The van der Waals surface area contributed by atoms with Crippen LogP contribution in [0.1, 0.15) is 69.2 Å². The first-order valence-corrected chi connectivity index (χ1v) is 24.0. The zero-order chi connectivity index (χ0) is 47.2. The van der Waals surface area contributed by atoms with E-state index < -0.39 is 5.41 Å². The van der Waals surface area contributed by atoms with Gasteiger partial charge in [-0.1, -0.05) is 227 Å². The van der Waals surface area contributed by atoms with Crippen molar-refractivity contribution in [2.24, 2.45) is 11.3 Å². The van der Waals surface area contributed by atoms with E-state index in [1.54, 1.807) is 0 Å². The molecule has 8 rings (SSSR count). The van der Waals surface area contributed by atoms with Gasteiger partial charge in [0.05, 0.1) is 5.41 Å². The van der Waals surface area contributed by atoms with Crippen LogP contribution in [-0.2, 0) is 5.41 Å². The monoisotopic (exact) mass is 885 g/mol. The van der Waals surface area contributed by atoms with Crippen molar-refractivity contribution in [2.45, 2.75) is 52.4 Å². The normalized spacial score (nSPS) is 21.4. The summed E-state index contributed by atoms with van der Waals surface area (Å²) in [4.78, 5) is 2.32. The molecule has 5 aromatic carbocycles. The number of rotatable bonds is 11. The van der Waals surface area contributed by atoms with Crippen molar-refractivity contribution in [3.8, 4) is 0 Å². The maximum Gasteiger partial charge on any atom is 0.0657 e. The third-order valence-corrected chi connectivity index (χ3v) is 13.2. The molecular weight excluding hydrogens is 821 g/mol. The molecule has 5 aromatic rings. The molecule has 2 unspecified atom stereocenters. The van der Waals surface area contributed by atoms with Gasteiger partial charge in [0.2, 0.25) is 0 Å². The Kier molecular flexibility index (Phi) is 15.3. The Morgan fingerprint density at radius 1 is 0.676 bits per heavy atom. The van der Waals surface area contributed by atoms with Crippen LogP contribution >= 0.6 is 0 Å². The second kappa shape index (κ2) is 22.2. The molecule has 0 aliphatic heterocycles. The summed E-state index contributed by atoms with van der Waals surface area (Å²) in [5, 5.41) is 3.43. The first kappa shape index (κ1) is 46.8. The molecule has 0 spiro atoms. The average molecular weight is 885 g/mol. The molecule has 0 aromatic heterocycles. The minimum atomic E-state index is -0.747. The van der Waals surface area contributed by atoms with Crippen molar-refractivity contribution in [3.63, 3.8) is 0 Å². The van der Waals surface area contributed by atoms with Gasteiger partial charge in [-0.3, -0.25) is 0 Å². The predicted molar refractivity (Wildman–Crippen MR) is 295 cm³/mol. The molecule has 2 heteroatoms. The Labute approximate surface area is 406 Å². The van der Waals surface area contributed by atoms with E-state index in [-0.39, 0.29) is 5.41 Å². The molecule has 0 amide bonds. The molecule has 2 atom stereocenters. The fourth-order valence-corrected chi connectivity index (χ4v) is 9.45. The molecular formula is C66H64N2. The number of fused-ring (bicyclic) bond motifs is 1. The van der Waals surface area contributed by atoms with Crippen LogP contribution in [0.2, 0.25) is 0 Å². The van der Waals surface area contributed by atoms with Crippen molar-refractivity contribution in [2.75, 3.05) is 10.2 Å². The van der Waals surface area contributed by atoms with E-state index >= 15 is 0 Å². The SMILES string of the molecule is C=C1\C=C(N(c2ccccc2)c2ccccc2)/C=C\C=C\c2ccccc2/C=C(\C)C1(C1=CC=CCC=C1)c1ccc(\C=C/C(=C\C=C\Nc2ccccc2)C2=CC=CCC(C(C)(C)C)C2)cc1. The lowest BCUT2D eigenvalue weighted by Crippen LogP contribution is -2.32. The molecule has 1 N–H and O–H groups in total. The van der Waals surface area contributed by atoms with Crippen LogP contribution in [-0.4, -0.2) is 0 Å². The van der Waals surface area contributed by atoms with E-state index in [4.69, 9.17) is 6.58 Å². The molecule has 0 radical (unpaired) electrons. The van der Waals surface area contributed by atoms with Crippen molar-refractivity contribution >= 4 is 35.3 Å². The van der Waals surface area contributed by atoms with Crippen molar-refractivity contribution in [3.05, 3.63) is 299 Å². The first-order chi connectivity index (χ1) is 33.2. The summed E-state index contributed by atoms with van der Waals surface area (Å²) in [6.07, 6.45) is 45.4. The van der Waals surface area contributed by atoms with Gasteiger partial charge in [0.25, 0.3) is 0 Å². The topological polar surface area (TPSA) is 15.3 Å². The summed E-state index contributed by atoms with van der Waals surface area (Å²) in [5.41, 5.74) is 14.0. The summed E-state index contributed by atoms with van der Waals surface area (Å²) in [7, 11) is 0. The molecule has 0 bridgehead atoms. The predicted octanol–water partition coefficient (Wildman–Crippen LogP) is 17.8. The Morgan fingerprint density at radius 3 is 2.03 bits per heavy atom. The number of hydrogen-bond acceptors (Lipinski definition) is 2. The summed E-state index contributed by atoms with van der Waals surface area (Å²) < 4.78 is 0. The number of allylic oxidation sites excluding steroid dienone is 20. The van der Waals surface area contributed by atoms with Gasteiger partial charge in [-0.05, 0) is 137 Å². The number of para-hydroxylation sites is 3. The number of benzene rings is 5. The number of nitrogens with zero attached hydrogens (tertiary/aromatic N) is 1. The molecule has 0 heterocycles. The van der Waals surface area contributed by atoms with E-state index in [2.05, 4.69) is 269 Å². The molecule has 68 heavy (non-hydrogen) atoms. The Morgan fingerprint density at radius 2 is 1.32 bits per heavy atom. The van der Waals surface area contributed by atoms with E-state index in [0.29, 0.717) is 5.92 Å². The van der Waals surface area contributed by atoms with Crippen molar-refractivity contribution in [1.29, 1.82) is 0 Å². The van der Waals surface area contributed by atoms with Gasteiger partial charge < -0.3 is 10.2 Å². The summed E-state index contributed by atoms with van der Waals surface area (Å²) >= 11 is 0. The van der Waals surface area contributed by atoms with Gasteiger partial charge in [0.1, 0.15) is 0 Å². The maximum atomic E-state index is 5.08. The Hall–Kier alpha value is -7.68. The zero-order valence-corrected chi connectivity index (χ0v) is 40.1. The molecule has 3 aliphatic rings. The smallest absolute Gasteiger partial charge is 0.0657 e. The van der Waals surface area contributed by atoms with E-state index in [1.807, 2.05) is 24.4 Å². The van der Waals surface area contributed by atoms with Crippen LogP contribution in [0.4, 0.5) is 17.1 Å². The third-order valence-electron chi connectivity index (χ3n) is 13.2. The highest BCUT2D eigenvalue weighted by atomic mass is 15.1. The Bertz CT molecular complexity index is 2870. The van der Waals surface area contributed by atoms with Gasteiger partial charge in [0, 0.05) is 29.0 Å². The standard InChI is InChI=1S/C66H64N2/c1-51-48-56-28-20-19-26-54(56)27-22-24-40-64(68(62-36-15-9-16-37-62)63-38-17-10-18-39-63)49-52(2)66(51,58-31-11-6-7-12-32-58)59-45-42-53(43-46-59)41-44-55(30-25-47-67-61-34-13-8-14-35-61)57-29-21-23-33-60(50-57)65(3,4)5/h6,8-32,34-49,60,67H,2,7,33,50H2,1,3-5H3/b27-22+,40-24-,44-41-,47-25+,51-48+,55-30+,64-49+. The molecule has 338 valence electrons. The van der Waals surface area contributed by atoms with Crippen LogP contribution in [0, 0.1) is 11.3 Å². The minimum Gasteiger partial charge on any atom is -0.362 e. The summed E-state index contributed by atoms with van der Waals surface area (Å²) in [6, 6.07) is 49.3. The lowest BCUT2D eigenvalue weighted by atomic mass is 9.63. The van der Waals surface area contributed by atoms with Gasteiger partial charge in [0.15, 0.2) is 0 Å². The quantitative estimate of drug-likeness (QED) is 0.133. The van der Waals surface area contributed by atoms with Crippen molar-refractivity contribution in [1.82, 2.24) is 0 Å². The third kappa shape index (κ3) is 11.3. The second-order valence-electron chi connectivity index (χ2n) is 18.8.